The molecule has 0 spiro atoms. The van der Waals surface area contributed by atoms with Gasteiger partial charge in [-0.05, 0) is 55.0 Å². The lowest BCUT2D eigenvalue weighted by Crippen LogP contribution is -2.07. The van der Waals surface area contributed by atoms with Crippen LogP contribution in [0.15, 0.2) is 53.7 Å². The van der Waals surface area contributed by atoms with E-state index in [0.29, 0.717) is 28.9 Å². The Labute approximate surface area is 179 Å². The molecule has 0 atom stereocenters. The molecule has 1 heterocycles. The Morgan fingerprint density at radius 1 is 1.07 bits per heavy atom. The van der Waals surface area contributed by atoms with Crippen molar-refractivity contribution in [3.63, 3.8) is 0 Å². The molecule has 152 valence electrons. The van der Waals surface area contributed by atoms with E-state index >= 15 is 0 Å². The number of aromatic nitrogens is 3. The number of ketones is 1. The molecule has 0 aliphatic heterocycles. The third kappa shape index (κ3) is 5.59. The minimum absolute atomic E-state index is 0.0251. The summed E-state index contributed by atoms with van der Waals surface area (Å²) in [5.41, 5.74) is 1.56. The third-order valence-corrected chi connectivity index (χ3v) is 5.51. The number of hydrogen-bond acceptors (Lipinski definition) is 6. The van der Waals surface area contributed by atoms with E-state index in [1.807, 2.05) is 28.8 Å². The highest BCUT2D eigenvalue weighted by Gasteiger charge is 2.16. The average Bonchev–Trinajstić information content (AvgIpc) is 3.15. The first-order valence-electron chi connectivity index (χ1n) is 9.10. The zero-order valence-electron chi connectivity index (χ0n) is 16.3. The number of carbonyl (C=O) groups excluding carboxylic acids is 1. The fraction of sp³-hybridized carbons (Fsp3) is 0.286. The number of benzene rings is 2. The molecule has 0 fully saturated rings. The molecule has 0 aliphatic rings. The number of carbonyl (C=O) groups is 1. The molecule has 0 N–H and O–H groups in total. The summed E-state index contributed by atoms with van der Waals surface area (Å²) in [4.78, 5) is 12.5. The van der Waals surface area contributed by atoms with Crippen molar-refractivity contribution >= 4 is 29.1 Å². The summed E-state index contributed by atoms with van der Waals surface area (Å²) in [5.74, 6) is 1.77. The van der Waals surface area contributed by atoms with Gasteiger partial charge in [-0.2, -0.15) is 0 Å². The molecule has 0 radical (unpaired) electrons. The molecule has 8 heteroatoms. The molecule has 29 heavy (non-hydrogen) atoms. The topological polar surface area (TPSA) is 66.2 Å². The Bertz CT molecular complexity index is 943. The molecular formula is C21H22ClN3O3S. The average molecular weight is 432 g/mol. The van der Waals surface area contributed by atoms with E-state index in [9.17, 15) is 4.79 Å². The van der Waals surface area contributed by atoms with Crippen molar-refractivity contribution in [2.75, 3.05) is 26.6 Å². The zero-order chi connectivity index (χ0) is 20.6. The number of halogens is 1. The van der Waals surface area contributed by atoms with Gasteiger partial charge in [0, 0.05) is 36.4 Å². The SMILES string of the molecule is COCCCn1c(SCC(=O)c2ccc(OC)cc2)nnc1-c1ccc(Cl)cc1. The second kappa shape index (κ2) is 10.4. The van der Waals surface area contributed by atoms with Gasteiger partial charge in [-0.1, -0.05) is 23.4 Å². The van der Waals surface area contributed by atoms with Gasteiger partial charge in [0.2, 0.25) is 0 Å². The van der Waals surface area contributed by atoms with Crippen LogP contribution in [0.5, 0.6) is 5.75 Å². The van der Waals surface area contributed by atoms with Gasteiger partial charge in [-0.15, -0.1) is 10.2 Å². The Balaban J connectivity index is 1.76. The molecule has 0 saturated heterocycles. The Kier molecular flexibility index (Phi) is 7.69. The molecular weight excluding hydrogens is 410 g/mol. The van der Waals surface area contributed by atoms with Gasteiger partial charge < -0.3 is 14.0 Å². The van der Waals surface area contributed by atoms with Crippen LogP contribution in [0.1, 0.15) is 16.8 Å². The summed E-state index contributed by atoms with van der Waals surface area (Å²) < 4.78 is 12.3. The van der Waals surface area contributed by atoms with Crippen molar-refractivity contribution in [2.24, 2.45) is 0 Å². The molecule has 0 unspecified atom stereocenters. The lowest BCUT2D eigenvalue weighted by Gasteiger charge is -2.10. The summed E-state index contributed by atoms with van der Waals surface area (Å²) in [6, 6.07) is 14.6. The summed E-state index contributed by atoms with van der Waals surface area (Å²) in [6.07, 6.45) is 0.815. The predicted molar refractivity (Wildman–Crippen MR) is 115 cm³/mol. The number of Topliss-reactive ketones (excluding diaryl/α,β-unsaturated/α-hetero) is 1. The highest BCUT2D eigenvalue weighted by molar-refractivity contribution is 7.99. The van der Waals surface area contributed by atoms with Crippen molar-refractivity contribution in [1.82, 2.24) is 14.8 Å². The standard InChI is InChI=1S/C21H22ClN3O3S/c1-27-13-3-12-25-20(16-4-8-17(22)9-5-16)23-24-21(25)29-14-19(26)15-6-10-18(28-2)11-7-15/h4-11H,3,12-14H2,1-2H3. The van der Waals surface area contributed by atoms with Crippen LogP contribution in [0.2, 0.25) is 5.02 Å². The van der Waals surface area contributed by atoms with Crippen molar-refractivity contribution < 1.29 is 14.3 Å². The van der Waals surface area contributed by atoms with E-state index in [1.54, 1.807) is 38.5 Å². The van der Waals surface area contributed by atoms with Crippen molar-refractivity contribution in [3.05, 3.63) is 59.1 Å². The first-order valence-corrected chi connectivity index (χ1v) is 10.5. The first-order chi connectivity index (χ1) is 14.1. The molecule has 0 bridgehead atoms. The van der Waals surface area contributed by atoms with Crippen LogP contribution in [-0.2, 0) is 11.3 Å². The molecule has 3 aromatic rings. The van der Waals surface area contributed by atoms with Crippen LogP contribution in [0.3, 0.4) is 0 Å². The summed E-state index contributed by atoms with van der Waals surface area (Å²) in [7, 11) is 3.27. The maximum atomic E-state index is 12.5. The highest BCUT2D eigenvalue weighted by Crippen LogP contribution is 2.26. The molecule has 2 aromatic carbocycles. The minimum atomic E-state index is 0.0251. The van der Waals surface area contributed by atoms with Crippen LogP contribution in [-0.4, -0.2) is 47.1 Å². The van der Waals surface area contributed by atoms with Gasteiger partial charge in [0.05, 0.1) is 12.9 Å². The molecule has 0 saturated carbocycles. The summed E-state index contributed by atoms with van der Waals surface area (Å²) in [6.45, 7) is 1.32. The highest BCUT2D eigenvalue weighted by atomic mass is 35.5. The second-order valence-electron chi connectivity index (χ2n) is 6.25. The van der Waals surface area contributed by atoms with Gasteiger partial charge in [0.1, 0.15) is 5.75 Å². The van der Waals surface area contributed by atoms with E-state index in [1.165, 1.54) is 11.8 Å². The number of nitrogens with zero attached hydrogens (tertiary/aromatic N) is 3. The Morgan fingerprint density at radius 2 is 1.79 bits per heavy atom. The predicted octanol–water partition coefficient (Wildman–Crippen LogP) is 4.62. The van der Waals surface area contributed by atoms with Crippen LogP contribution in [0, 0.1) is 0 Å². The smallest absolute Gasteiger partial charge is 0.191 e. The van der Waals surface area contributed by atoms with Gasteiger partial charge in [-0.3, -0.25) is 4.79 Å². The molecule has 0 amide bonds. The van der Waals surface area contributed by atoms with E-state index in [4.69, 9.17) is 21.1 Å². The number of rotatable bonds is 10. The van der Waals surface area contributed by atoms with Crippen LogP contribution in [0.25, 0.3) is 11.4 Å². The van der Waals surface area contributed by atoms with Crippen LogP contribution >= 0.6 is 23.4 Å². The van der Waals surface area contributed by atoms with Gasteiger partial charge >= 0.3 is 0 Å². The van der Waals surface area contributed by atoms with Crippen molar-refractivity contribution in [2.45, 2.75) is 18.1 Å². The van der Waals surface area contributed by atoms with Crippen LogP contribution < -0.4 is 4.74 Å². The first kappa shape index (κ1) is 21.4. The second-order valence-corrected chi connectivity index (χ2v) is 7.63. The number of methoxy groups -OCH3 is 2. The lowest BCUT2D eigenvalue weighted by atomic mass is 10.1. The number of thioether (sulfide) groups is 1. The Morgan fingerprint density at radius 3 is 2.45 bits per heavy atom. The van der Waals surface area contributed by atoms with E-state index < -0.39 is 0 Å². The van der Waals surface area contributed by atoms with Gasteiger partial charge in [0.15, 0.2) is 16.8 Å². The van der Waals surface area contributed by atoms with Crippen LogP contribution in [0.4, 0.5) is 0 Å². The number of ether oxygens (including phenoxy) is 2. The number of hydrogen-bond donors (Lipinski definition) is 0. The summed E-state index contributed by atoms with van der Waals surface area (Å²) >= 11 is 7.38. The summed E-state index contributed by atoms with van der Waals surface area (Å²) in [5, 5.41) is 10.0. The lowest BCUT2D eigenvalue weighted by molar-refractivity contribution is 0.102. The van der Waals surface area contributed by atoms with Crippen molar-refractivity contribution in [1.29, 1.82) is 0 Å². The third-order valence-electron chi connectivity index (χ3n) is 4.29. The van der Waals surface area contributed by atoms with Crippen molar-refractivity contribution in [3.8, 4) is 17.1 Å². The molecule has 0 aliphatic carbocycles. The van der Waals surface area contributed by atoms with Gasteiger partial charge in [-0.25, -0.2) is 0 Å². The van der Waals surface area contributed by atoms with E-state index in [-0.39, 0.29) is 11.5 Å². The van der Waals surface area contributed by atoms with E-state index in [0.717, 1.165) is 23.6 Å². The van der Waals surface area contributed by atoms with E-state index in [2.05, 4.69) is 10.2 Å². The van der Waals surface area contributed by atoms with Gasteiger partial charge in [0.25, 0.3) is 0 Å². The molecule has 1 aromatic heterocycles. The molecule has 3 rings (SSSR count). The normalized spacial score (nSPS) is 10.9. The largest absolute Gasteiger partial charge is 0.497 e. The fourth-order valence-electron chi connectivity index (χ4n) is 2.77. The maximum absolute atomic E-state index is 12.5. The quantitative estimate of drug-likeness (QED) is 0.265. The fourth-order valence-corrected chi connectivity index (χ4v) is 3.75. The zero-order valence-corrected chi connectivity index (χ0v) is 17.9. The Hall–Kier alpha value is -2.35. The minimum Gasteiger partial charge on any atom is -0.497 e. The molecule has 6 nitrogen and oxygen atoms in total. The monoisotopic (exact) mass is 431 g/mol. The maximum Gasteiger partial charge on any atom is 0.191 e.